The molecule has 0 radical (unpaired) electrons. The molecule has 0 aliphatic carbocycles. The molecule has 0 bridgehead atoms. The first kappa shape index (κ1) is 50.6. The van der Waals surface area contributed by atoms with Gasteiger partial charge < -0.3 is 34.4 Å². The second-order valence-corrected chi connectivity index (χ2v) is 24.8. The molecular weight excluding hydrogens is 963 g/mol. The van der Waals surface area contributed by atoms with E-state index < -0.39 is 8.07 Å². The van der Waals surface area contributed by atoms with E-state index in [4.69, 9.17) is 19.2 Å². The third-order valence-electron chi connectivity index (χ3n) is 12.0. The van der Waals surface area contributed by atoms with Crippen LogP contribution in [0.4, 0.5) is 8.78 Å². The van der Waals surface area contributed by atoms with Crippen molar-refractivity contribution in [3.8, 4) is 34.3 Å². The van der Waals surface area contributed by atoms with Crippen LogP contribution in [0.25, 0.3) is 66.9 Å². The number of halogens is 2. The molecule has 2 amide bonds. The van der Waals surface area contributed by atoms with Crippen LogP contribution < -0.4 is 20.1 Å². The normalized spacial score (nSPS) is 12.4. The number of aromatic nitrogens is 10. The number of benzene rings is 4. The molecule has 0 aliphatic heterocycles. The molecule has 2 unspecified atom stereocenters. The number of fused-ring (bicyclic) bond motifs is 4. The molecule has 74 heavy (non-hydrogen) atoms. The molecule has 10 rings (SSSR count). The smallest absolute Gasteiger partial charge is 0.255 e. The summed E-state index contributed by atoms with van der Waals surface area (Å²) in [6.45, 7) is 12.2. The van der Waals surface area contributed by atoms with E-state index in [1.54, 1.807) is 60.4 Å². The number of para-hydroxylation sites is 2. The number of ether oxygens (including phenoxy) is 3. The summed E-state index contributed by atoms with van der Waals surface area (Å²) in [5, 5.41) is 16.5. The first-order valence-electron chi connectivity index (χ1n) is 24.1. The van der Waals surface area contributed by atoms with Gasteiger partial charge in [-0.2, -0.15) is 10.2 Å². The van der Waals surface area contributed by atoms with Crippen molar-refractivity contribution >= 4 is 64.0 Å². The zero-order valence-corrected chi connectivity index (χ0v) is 43.1. The maximum atomic E-state index is 13.9. The molecule has 6 aromatic heterocycles. The topological polar surface area (TPSA) is 194 Å². The first-order valence-corrected chi connectivity index (χ1v) is 27.8. The second-order valence-electron chi connectivity index (χ2n) is 19.2. The van der Waals surface area contributed by atoms with Gasteiger partial charge in [0, 0.05) is 51.9 Å². The lowest BCUT2D eigenvalue weighted by Gasteiger charge is -2.15. The molecule has 3 N–H and O–H groups in total. The Kier molecular flexibility index (Phi) is 14.9. The predicted octanol–water partition coefficient (Wildman–Crippen LogP) is 9.48. The van der Waals surface area contributed by atoms with Crippen LogP contribution in [0.15, 0.2) is 122 Å². The van der Waals surface area contributed by atoms with Crippen LogP contribution >= 0.6 is 0 Å². The lowest BCUT2D eigenvalue weighted by atomic mass is 10.1. The van der Waals surface area contributed by atoms with E-state index >= 15 is 0 Å². The standard InChI is InChI=1S/C30H35FN6O3Si.C24H21FN6O2/c1-20(18-40-22-9-7-6-8-10-22)33-30(38)24-17-37(19-39-13-14-41(3,4)5)29-28(24)34-25(16-32-29)27-23-12-11-21(31)15-26(23)36(2)35-27;1-14(13-33-16-6-4-3-5-7-16)28-24(32)18-11-26-23-22(18)29-19(12-27-23)21-17-9-8-15(25)10-20(17)31(2)30-21/h6-12,15-17,20H,13-14,18-19H2,1-5H3,(H,33,38);3-12,14H,13H2,1-2H3,(H,26,27)(H,28,32). The number of H-pyrrole nitrogens is 1. The number of carbonyl (C=O) groups is 2. The third kappa shape index (κ3) is 11.6. The molecule has 6 heterocycles. The maximum absolute atomic E-state index is 13.9. The highest BCUT2D eigenvalue weighted by Gasteiger charge is 2.24. The summed E-state index contributed by atoms with van der Waals surface area (Å²) in [5.74, 6) is 0.212. The zero-order chi connectivity index (χ0) is 52.1. The van der Waals surface area contributed by atoms with Crippen molar-refractivity contribution < 1.29 is 32.6 Å². The van der Waals surface area contributed by atoms with Gasteiger partial charge in [0.2, 0.25) is 0 Å². The molecular formula is C54H56F2N12O5Si. The summed E-state index contributed by atoms with van der Waals surface area (Å²) < 4.78 is 50.1. The Morgan fingerprint density at radius 2 is 1.20 bits per heavy atom. The summed E-state index contributed by atoms with van der Waals surface area (Å²) in [4.78, 5) is 48.0. The number of hydrogen-bond donors (Lipinski definition) is 3. The highest BCUT2D eigenvalue weighted by molar-refractivity contribution is 6.76. The minimum Gasteiger partial charge on any atom is -0.491 e. The fraction of sp³-hybridized carbons (Fsp3) is 0.259. The minimum atomic E-state index is -1.25. The van der Waals surface area contributed by atoms with Crippen LogP contribution in [0.3, 0.4) is 0 Å². The highest BCUT2D eigenvalue weighted by Crippen LogP contribution is 2.31. The molecule has 0 saturated carbocycles. The van der Waals surface area contributed by atoms with Crippen molar-refractivity contribution in [1.29, 1.82) is 0 Å². The first-order chi connectivity index (χ1) is 35.6. The largest absolute Gasteiger partial charge is 0.491 e. The summed E-state index contributed by atoms with van der Waals surface area (Å²) in [7, 11) is 2.24. The van der Waals surface area contributed by atoms with Gasteiger partial charge in [-0.3, -0.25) is 19.0 Å². The highest BCUT2D eigenvalue weighted by atomic mass is 28.3. The number of rotatable bonds is 17. The van der Waals surface area contributed by atoms with Crippen LogP contribution in [-0.4, -0.2) is 101 Å². The van der Waals surface area contributed by atoms with Crippen molar-refractivity contribution in [3.05, 3.63) is 145 Å². The Hall–Kier alpha value is -8.36. The van der Waals surface area contributed by atoms with Gasteiger partial charge in [0.25, 0.3) is 11.8 Å². The molecule has 17 nitrogen and oxygen atoms in total. The number of aromatic amines is 1. The summed E-state index contributed by atoms with van der Waals surface area (Å²) >= 11 is 0. The minimum absolute atomic E-state index is 0.228. The van der Waals surface area contributed by atoms with Gasteiger partial charge in [0.05, 0.1) is 46.6 Å². The molecule has 0 spiro atoms. The number of hydrogen-bond acceptors (Lipinski definition) is 11. The number of nitrogens with zero attached hydrogens (tertiary/aromatic N) is 9. The Labute approximate surface area is 425 Å². The van der Waals surface area contributed by atoms with Gasteiger partial charge in [-0.15, -0.1) is 0 Å². The van der Waals surface area contributed by atoms with Crippen molar-refractivity contribution in [1.82, 2.24) is 59.7 Å². The fourth-order valence-electron chi connectivity index (χ4n) is 8.15. The number of aryl methyl sites for hydroxylation is 2. The lowest BCUT2D eigenvalue weighted by molar-refractivity contribution is 0.0886. The van der Waals surface area contributed by atoms with Crippen LogP contribution in [0, 0.1) is 11.6 Å². The van der Waals surface area contributed by atoms with Gasteiger partial charge >= 0.3 is 0 Å². The monoisotopic (exact) mass is 1020 g/mol. The number of carbonyl (C=O) groups excluding carboxylic acids is 2. The van der Waals surface area contributed by atoms with E-state index in [1.807, 2.05) is 79.1 Å². The predicted molar refractivity (Wildman–Crippen MR) is 283 cm³/mol. The molecule has 0 saturated heterocycles. The van der Waals surface area contributed by atoms with Gasteiger partial charge in [-0.1, -0.05) is 56.0 Å². The third-order valence-corrected chi connectivity index (χ3v) is 13.7. The Balaban J connectivity index is 0.000000186. The molecule has 0 fully saturated rings. The Morgan fingerprint density at radius 3 is 1.74 bits per heavy atom. The molecule has 20 heteroatoms. The van der Waals surface area contributed by atoms with Crippen molar-refractivity contribution in [2.45, 2.75) is 58.3 Å². The van der Waals surface area contributed by atoms with Crippen molar-refractivity contribution in [3.63, 3.8) is 0 Å². The Bertz CT molecular complexity index is 3610. The Morgan fingerprint density at radius 1 is 0.689 bits per heavy atom. The van der Waals surface area contributed by atoms with E-state index in [9.17, 15) is 18.4 Å². The molecule has 10 aromatic rings. The fourth-order valence-corrected chi connectivity index (χ4v) is 8.91. The summed E-state index contributed by atoms with van der Waals surface area (Å²) in [5.41, 5.74) is 6.04. The van der Waals surface area contributed by atoms with E-state index in [1.165, 1.54) is 24.3 Å². The quantitative estimate of drug-likeness (QED) is 0.0581. The average molecular weight is 1020 g/mol. The van der Waals surface area contributed by atoms with Gasteiger partial charge in [-0.25, -0.2) is 28.7 Å². The van der Waals surface area contributed by atoms with E-state index in [0.717, 1.165) is 28.3 Å². The van der Waals surface area contributed by atoms with E-state index in [-0.39, 0.29) is 42.3 Å². The number of nitrogens with one attached hydrogen (secondary N) is 3. The molecule has 380 valence electrons. The van der Waals surface area contributed by atoms with Crippen LogP contribution in [0.2, 0.25) is 25.7 Å². The number of amides is 2. The van der Waals surface area contributed by atoms with E-state index in [2.05, 4.69) is 60.4 Å². The second kappa shape index (κ2) is 21.8. The summed E-state index contributed by atoms with van der Waals surface area (Å²) in [6, 6.07) is 28.4. The van der Waals surface area contributed by atoms with Crippen LogP contribution in [0.5, 0.6) is 11.5 Å². The van der Waals surface area contributed by atoms with Gasteiger partial charge in [-0.05, 0) is 80.6 Å². The van der Waals surface area contributed by atoms with E-state index in [0.29, 0.717) is 87.1 Å². The maximum Gasteiger partial charge on any atom is 0.255 e. The van der Waals surface area contributed by atoms with Crippen molar-refractivity contribution in [2.24, 2.45) is 14.1 Å². The lowest BCUT2D eigenvalue weighted by Crippen LogP contribution is -2.36. The van der Waals surface area contributed by atoms with Crippen LogP contribution in [-0.2, 0) is 25.6 Å². The van der Waals surface area contributed by atoms with Gasteiger partial charge in [0.15, 0.2) is 11.3 Å². The molecule has 4 aromatic carbocycles. The molecule has 0 aliphatic rings. The molecule has 2 atom stereocenters. The average Bonchev–Trinajstić information content (AvgIpc) is 4.16. The van der Waals surface area contributed by atoms with Crippen molar-refractivity contribution in [2.75, 3.05) is 19.8 Å². The van der Waals surface area contributed by atoms with Gasteiger partial charge in [0.1, 0.15) is 76.9 Å². The SMILES string of the molecule is CC(COc1ccccc1)NC(=O)c1c[nH]c2ncc(-c3nn(C)c4cc(F)ccc34)nc12.CC(COc1ccccc1)NC(=O)c1cn(COCC[Si](C)(C)C)c2ncc(-c3nn(C)c4cc(F)ccc34)nc12. The zero-order valence-electron chi connectivity index (χ0n) is 42.1. The summed E-state index contributed by atoms with van der Waals surface area (Å²) in [6.07, 6.45) is 6.53. The van der Waals surface area contributed by atoms with Crippen LogP contribution in [0.1, 0.15) is 34.6 Å².